The van der Waals surface area contributed by atoms with E-state index in [9.17, 15) is 4.79 Å². The minimum atomic E-state index is -0.0946. The molecule has 1 amide bonds. The summed E-state index contributed by atoms with van der Waals surface area (Å²) in [6.45, 7) is 4.32. The molecule has 104 valence electrons. The fraction of sp³-hybridized carbons (Fsp3) is 0.375. The highest BCUT2D eigenvalue weighted by Crippen LogP contribution is 2.44. The molecule has 0 bridgehead atoms. The van der Waals surface area contributed by atoms with Crippen LogP contribution < -0.4 is 10.6 Å². The molecular formula is C16H19N3O. The van der Waals surface area contributed by atoms with Crippen molar-refractivity contribution in [2.75, 3.05) is 12.4 Å². The standard InChI is InChI=1S/C16H19N3O/c1-16(2)9-13(16)19-15(20)12-8-10-6-4-5-7-11(10)14(17-3)18-12/h4-8,13H,9H2,1-3H3,(H,17,18)(H,19,20). The van der Waals surface area contributed by atoms with Crippen molar-refractivity contribution in [2.24, 2.45) is 5.41 Å². The van der Waals surface area contributed by atoms with Crippen LogP contribution in [0.2, 0.25) is 0 Å². The number of carbonyl (C=O) groups is 1. The number of hydrogen-bond donors (Lipinski definition) is 2. The topological polar surface area (TPSA) is 54.0 Å². The number of benzene rings is 1. The molecule has 0 saturated heterocycles. The van der Waals surface area contributed by atoms with E-state index in [1.54, 1.807) is 0 Å². The Bertz CT molecular complexity index is 678. The summed E-state index contributed by atoms with van der Waals surface area (Å²) in [5, 5.41) is 8.15. The smallest absolute Gasteiger partial charge is 0.270 e. The van der Waals surface area contributed by atoms with Crippen molar-refractivity contribution in [3.05, 3.63) is 36.0 Å². The van der Waals surface area contributed by atoms with Crippen molar-refractivity contribution in [3.63, 3.8) is 0 Å². The average Bonchev–Trinajstić information content (AvgIpc) is 3.04. The van der Waals surface area contributed by atoms with Crippen molar-refractivity contribution in [3.8, 4) is 0 Å². The van der Waals surface area contributed by atoms with Gasteiger partial charge in [0.2, 0.25) is 0 Å². The Morgan fingerprint density at radius 2 is 2.05 bits per heavy atom. The summed E-state index contributed by atoms with van der Waals surface area (Å²) < 4.78 is 0. The number of nitrogens with one attached hydrogen (secondary N) is 2. The quantitative estimate of drug-likeness (QED) is 0.901. The summed E-state index contributed by atoms with van der Waals surface area (Å²) in [6, 6.07) is 10.0. The van der Waals surface area contributed by atoms with Crippen molar-refractivity contribution >= 4 is 22.5 Å². The molecule has 0 spiro atoms. The zero-order valence-electron chi connectivity index (χ0n) is 12.0. The van der Waals surface area contributed by atoms with E-state index in [1.165, 1.54) is 0 Å². The Hall–Kier alpha value is -2.10. The normalized spacial score (nSPS) is 19.6. The van der Waals surface area contributed by atoms with Gasteiger partial charge in [-0.3, -0.25) is 4.79 Å². The molecule has 0 radical (unpaired) electrons. The molecule has 1 aliphatic rings. The van der Waals surface area contributed by atoms with E-state index in [1.807, 2.05) is 37.4 Å². The van der Waals surface area contributed by atoms with Crippen LogP contribution in [0, 0.1) is 5.41 Å². The first-order valence-electron chi connectivity index (χ1n) is 6.90. The maximum atomic E-state index is 12.3. The molecule has 2 N–H and O–H groups in total. The van der Waals surface area contributed by atoms with E-state index < -0.39 is 0 Å². The number of aromatic nitrogens is 1. The summed E-state index contributed by atoms with van der Waals surface area (Å²) in [5.74, 6) is 0.645. The van der Waals surface area contributed by atoms with Gasteiger partial charge in [0.25, 0.3) is 5.91 Å². The molecule has 0 aliphatic heterocycles. The number of amides is 1. The van der Waals surface area contributed by atoms with Crippen molar-refractivity contribution < 1.29 is 4.79 Å². The predicted octanol–water partition coefficient (Wildman–Crippen LogP) is 2.80. The Balaban J connectivity index is 1.93. The van der Waals surface area contributed by atoms with Gasteiger partial charge in [-0.25, -0.2) is 4.98 Å². The molecule has 4 heteroatoms. The van der Waals surface area contributed by atoms with Gasteiger partial charge in [0.05, 0.1) is 0 Å². The lowest BCUT2D eigenvalue weighted by atomic mass is 10.1. The number of carbonyl (C=O) groups excluding carboxylic acids is 1. The number of hydrogen-bond acceptors (Lipinski definition) is 3. The molecule has 1 fully saturated rings. The molecule has 1 aromatic carbocycles. The van der Waals surface area contributed by atoms with Gasteiger partial charge in [0.1, 0.15) is 11.5 Å². The van der Waals surface area contributed by atoms with Crippen LogP contribution in [-0.2, 0) is 0 Å². The summed E-state index contributed by atoms with van der Waals surface area (Å²) in [4.78, 5) is 16.7. The second kappa shape index (κ2) is 4.47. The van der Waals surface area contributed by atoms with Gasteiger partial charge in [-0.1, -0.05) is 38.1 Å². The van der Waals surface area contributed by atoms with Gasteiger partial charge in [0.15, 0.2) is 0 Å². The van der Waals surface area contributed by atoms with E-state index in [4.69, 9.17) is 0 Å². The molecular weight excluding hydrogens is 250 g/mol. The lowest BCUT2D eigenvalue weighted by Crippen LogP contribution is -2.29. The Kier molecular flexibility index (Phi) is 2.89. The van der Waals surface area contributed by atoms with E-state index in [0.717, 1.165) is 23.0 Å². The van der Waals surface area contributed by atoms with Gasteiger partial charge in [-0.2, -0.15) is 0 Å². The number of anilines is 1. The van der Waals surface area contributed by atoms with Gasteiger partial charge in [0, 0.05) is 18.5 Å². The number of rotatable bonds is 3. The SMILES string of the molecule is CNc1nc(C(=O)NC2CC2(C)C)cc2ccccc12. The third-order valence-electron chi connectivity index (χ3n) is 4.03. The maximum absolute atomic E-state index is 12.3. The van der Waals surface area contributed by atoms with Crippen LogP contribution in [0.3, 0.4) is 0 Å². The third-order valence-corrected chi connectivity index (χ3v) is 4.03. The van der Waals surface area contributed by atoms with E-state index >= 15 is 0 Å². The third kappa shape index (κ3) is 2.22. The summed E-state index contributed by atoms with van der Waals surface area (Å²) in [7, 11) is 1.82. The van der Waals surface area contributed by atoms with Crippen LogP contribution in [0.5, 0.6) is 0 Å². The van der Waals surface area contributed by atoms with Gasteiger partial charge >= 0.3 is 0 Å². The number of fused-ring (bicyclic) bond motifs is 1. The molecule has 1 unspecified atom stereocenters. The van der Waals surface area contributed by atoms with Crippen LogP contribution in [0.1, 0.15) is 30.8 Å². The van der Waals surface area contributed by atoms with Crippen LogP contribution in [0.15, 0.2) is 30.3 Å². The first kappa shape index (κ1) is 12.9. The number of pyridine rings is 1. The molecule has 2 aromatic rings. The first-order chi connectivity index (χ1) is 9.51. The Labute approximate surface area is 118 Å². The molecule has 3 rings (SSSR count). The summed E-state index contributed by atoms with van der Waals surface area (Å²) in [6.07, 6.45) is 1.03. The molecule has 1 heterocycles. The van der Waals surface area contributed by atoms with Gasteiger partial charge in [-0.15, -0.1) is 0 Å². The fourth-order valence-corrected chi connectivity index (χ4v) is 2.45. The molecule has 1 aliphatic carbocycles. The van der Waals surface area contributed by atoms with E-state index in [0.29, 0.717) is 5.69 Å². The molecule has 1 saturated carbocycles. The maximum Gasteiger partial charge on any atom is 0.270 e. The first-order valence-corrected chi connectivity index (χ1v) is 6.90. The highest BCUT2D eigenvalue weighted by atomic mass is 16.2. The Morgan fingerprint density at radius 3 is 2.70 bits per heavy atom. The zero-order valence-corrected chi connectivity index (χ0v) is 12.0. The van der Waals surface area contributed by atoms with E-state index in [-0.39, 0.29) is 17.4 Å². The fourth-order valence-electron chi connectivity index (χ4n) is 2.45. The second-order valence-corrected chi connectivity index (χ2v) is 6.05. The van der Waals surface area contributed by atoms with Crippen molar-refractivity contribution in [1.82, 2.24) is 10.3 Å². The average molecular weight is 269 g/mol. The second-order valence-electron chi connectivity index (χ2n) is 6.05. The largest absolute Gasteiger partial charge is 0.373 e. The number of nitrogens with zero attached hydrogens (tertiary/aromatic N) is 1. The van der Waals surface area contributed by atoms with Crippen LogP contribution >= 0.6 is 0 Å². The van der Waals surface area contributed by atoms with E-state index in [2.05, 4.69) is 29.5 Å². The van der Waals surface area contributed by atoms with Crippen LogP contribution in [0.25, 0.3) is 10.8 Å². The zero-order chi connectivity index (χ0) is 14.3. The monoisotopic (exact) mass is 269 g/mol. The minimum absolute atomic E-state index is 0.0946. The van der Waals surface area contributed by atoms with Crippen LogP contribution in [0.4, 0.5) is 5.82 Å². The molecule has 4 nitrogen and oxygen atoms in total. The van der Waals surface area contributed by atoms with Gasteiger partial charge < -0.3 is 10.6 Å². The highest BCUT2D eigenvalue weighted by molar-refractivity contribution is 6.00. The lowest BCUT2D eigenvalue weighted by Gasteiger charge is -2.10. The van der Waals surface area contributed by atoms with Crippen LogP contribution in [-0.4, -0.2) is 24.0 Å². The predicted molar refractivity (Wildman–Crippen MR) is 80.9 cm³/mol. The van der Waals surface area contributed by atoms with Crippen molar-refractivity contribution in [2.45, 2.75) is 26.3 Å². The molecule has 1 atom stereocenters. The van der Waals surface area contributed by atoms with Crippen molar-refractivity contribution in [1.29, 1.82) is 0 Å². The Morgan fingerprint density at radius 1 is 1.35 bits per heavy atom. The lowest BCUT2D eigenvalue weighted by molar-refractivity contribution is 0.0941. The van der Waals surface area contributed by atoms with Gasteiger partial charge in [-0.05, 0) is 23.3 Å². The summed E-state index contributed by atoms with van der Waals surface area (Å²) in [5.41, 5.74) is 0.689. The minimum Gasteiger partial charge on any atom is -0.373 e. The molecule has 1 aromatic heterocycles. The highest BCUT2D eigenvalue weighted by Gasteiger charge is 2.46. The summed E-state index contributed by atoms with van der Waals surface area (Å²) >= 11 is 0. The molecule has 20 heavy (non-hydrogen) atoms.